The van der Waals surface area contributed by atoms with Crippen LogP contribution in [0.5, 0.6) is 0 Å². The topological polar surface area (TPSA) is 73.6 Å². The zero-order valence-electron chi connectivity index (χ0n) is 10.8. The molecule has 0 spiro atoms. The van der Waals surface area contributed by atoms with Crippen molar-refractivity contribution in [2.45, 2.75) is 50.8 Å². The fourth-order valence-corrected chi connectivity index (χ4v) is 2.42. The van der Waals surface area contributed by atoms with Gasteiger partial charge in [-0.1, -0.05) is 0 Å². The fourth-order valence-electron chi connectivity index (χ4n) is 2.42. The minimum Gasteiger partial charge on any atom is -0.444 e. The van der Waals surface area contributed by atoms with E-state index in [1.54, 1.807) is 0 Å². The van der Waals surface area contributed by atoms with Crippen LogP contribution in [0.25, 0.3) is 0 Å². The molecule has 1 aliphatic heterocycles. The Bertz CT molecular complexity index is 305. The van der Waals surface area contributed by atoms with Crippen LogP contribution in [0.15, 0.2) is 0 Å². The second-order valence-corrected chi connectivity index (χ2v) is 6.09. The van der Waals surface area contributed by atoms with Crippen molar-refractivity contribution in [3.63, 3.8) is 0 Å². The molecule has 5 heteroatoms. The van der Waals surface area contributed by atoms with E-state index in [-0.39, 0.29) is 17.7 Å². The molecule has 2 aliphatic rings. The Labute approximate surface area is 102 Å². The van der Waals surface area contributed by atoms with E-state index >= 15 is 0 Å². The summed E-state index contributed by atoms with van der Waals surface area (Å²) in [5.41, 5.74) is 5.11. The zero-order valence-corrected chi connectivity index (χ0v) is 10.8. The number of rotatable bonds is 2. The Morgan fingerprint density at radius 2 is 2.18 bits per heavy atom. The molecule has 3 atom stereocenters. The lowest BCUT2D eigenvalue weighted by molar-refractivity contribution is 0.0420. The number of carbonyl (C=O) groups is 1. The molecule has 1 aliphatic carbocycles. The third-order valence-electron chi connectivity index (χ3n) is 3.35. The highest BCUT2D eigenvalue weighted by molar-refractivity contribution is 5.69. The second kappa shape index (κ2) is 4.14. The van der Waals surface area contributed by atoms with Gasteiger partial charge in [-0.25, -0.2) is 4.79 Å². The maximum atomic E-state index is 11.8. The van der Waals surface area contributed by atoms with Gasteiger partial charge < -0.3 is 20.5 Å². The first kappa shape index (κ1) is 12.6. The maximum Gasteiger partial charge on any atom is 0.408 e. The first-order chi connectivity index (χ1) is 7.82. The average molecular weight is 242 g/mol. The van der Waals surface area contributed by atoms with Gasteiger partial charge in [0.2, 0.25) is 0 Å². The van der Waals surface area contributed by atoms with Crippen LogP contribution in [0.2, 0.25) is 0 Å². The van der Waals surface area contributed by atoms with E-state index in [1.165, 1.54) is 0 Å². The van der Waals surface area contributed by atoms with Gasteiger partial charge >= 0.3 is 6.09 Å². The smallest absolute Gasteiger partial charge is 0.408 e. The SMILES string of the molecule is CC(C)(C)OC(=O)NC1(C2CC2N)CCOC1. The van der Waals surface area contributed by atoms with Crippen molar-refractivity contribution in [1.82, 2.24) is 5.32 Å². The first-order valence-electron chi connectivity index (χ1n) is 6.17. The van der Waals surface area contributed by atoms with Gasteiger partial charge in [-0.05, 0) is 33.6 Å². The monoisotopic (exact) mass is 242 g/mol. The summed E-state index contributed by atoms with van der Waals surface area (Å²) in [6.07, 6.45) is 1.41. The normalized spacial score (nSPS) is 36.7. The second-order valence-electron chi connectivity index (χ2n) is 6.09. The van der Waals surface area contributed by atoms with E-state index in [2.05, 4.69) is 5.32 Å². The van der Waals surface area contributed by atoms with Crippen LogP contribution >= 0.6 is 0 Å². The van der Waals surface area contributed by atoms with Crippen molar-refractivity contribution >= 4 is 6.09 Å². The van der Waals surface area contributed by atoms with E-state index in [1.807, 2.05) is 20.8 Å². The molecule has 2 fully saturated rings. The van der Waals surface area contributed by atoms with Crippen molar-refractivity contribution in [1.29, 1.82) is 0 Å². The van der Waals surface area contributed by atoms with Gasteiger partial charge in [-0.2, -0.15) is 0 Å². The summed E-state index contributed by atoms with van der Waals surface area (Å²) in [6, 6.07) is 0.187. The van der Waals surface area contributed by atoms with Crippen molar-refractivity contribution < 1.29 is 14.3 Å². The van der Waals surface area contributed by atoms with Gasteiger partial charge in [0.1, 0.15) is 5.60 Å². The molecule has 0 aromatic heterocycles. The molecule has 1 amide bonds. The minimum atomic E-state index is -0.476. The van der Waals surface area contributed by atoms with Crippen LogP contribution in [0.1, 0.15) is 33.6 Å². The molecular weight excluding hydrogens is 220 g/mol. The fraction of sp³-hybridized carbons (Fsp3) is 0.917. The Morgan fingerprint density at radius 1 is 1.53 bits per heavy atom. The van der Waals surface area contributed by atoms with Crippen molar-refractivity contribution in [2.75, 3.05) is 13.2 Å². The van der Waals surface area contributed by atoms with Crippen molar-refractivity contribution in [3.8, 4) is 0 Å². The molecular formula is C12H22N2O3. The summed E-state index contributed by atoms with van der Waals surface area (Å²) in [6.45, 7) is 6.79. The average Bonchev–Trinajstić information content (AvgIpc) is 2.72. The summed E-state index contributed by atoms with van der Waals surface area (Å²) in [7, 11) is 0. The lowest BCUT2D eigenvalue weighted by Crippen LogP contribution is -2.53. The number of hydrogen-bond donors (Lipinski definition) is 2. The van der Waals surface area contributed by atoms with E-state index in [0.717, 1.165) is 12.8 Å². The van der Waals surface area contributed by atoms with Gasteiger partial charge in [0.15, 0.2) is 0 Å². The van der Waals surface area contributed by atoms with Crippen molar-refractivity contribution in [3.05, 3.63) is 0 Å². The Morgan fingerprint density at radius 3 is 2.59 bits per heavy atom. The number of nitrogens with two attached hydrogens (primary N) is 1. The Hall–Kier alpha value is -0.810. The van der Waals surface area contributed by atoms with Crippen LogP contribution in [0.3, 0.4) is 0 Å². The molecule has 0 aromatic rings. The predicted octanol–water partition coefficient (Wildman–Crippen LogP) is 1.02. The van der Waals surface area contributed by atoms with Crippen molar-refractivity contribution in [2.24, 2.45) is 11.7 Å². The molecule has 3 unspecified atom stereocenters. The number of alkyl carbamates (subject to hydrolysis) is 1. The molecule has 0 aromatic carbocycles. The molecule has 1 saturated carbocycles. The Balaban J connectivity index is 1.97. The highest BCUT2D eigenvalue weighted by Gasteiger charge is 2.54. The van der Waals surface area contributed by atoms with Crippen LogP contribution < -0.4 is 11.1 Å². The summed E-state index contributed by atoms with van der Waals surface area (Å²) in [5.74, 6) is 0.331. The van der Waals surface area contributed by atoms with E-state index < -0.39 is 5.60 Å². The summed E-state index contributed by atoms with van der Waals surface area (Å²) >= 11 is 0. The molecule has 1 heterocycles. The van der Waals surface area contributed by atoms with Crippen LogP contribution in [-0.2, 0) is 9.47 Å². The number of nitrogens with one attached hydrogen (secondary N) is 1. The summed E-state index contributed by atoms with van der Waals surface area (Å²) in [4.78, 5) is 11.8. The van der Waals surface area contributed by atoms with Crippen LogP contribution in [0, 0.1) is 5.92 Å². The quantitative estimate of drug-likeness (QED) is 0.758. The maximum absolute atomic E-state index is 11.8. The lowest BCUT2D eigenvalue weighted by atomic mass is 9.92. The minimum absolute atomic E-state index is 0.187. The van der Waals surface area contributed by atoms with Gasteiger partial charge in [-0.3, -0.25) is 0 Å². The zero-order chi connectivity index (χ0) is 12.7. The standard InChI is InChI=1S/C12H22N2O3/c1-11(2,3)17-10(15)14-12(4-5-16-7-12)8-6-9(8)13/h8-9H,4-7,13H2,1-3H3,(H,14,15). The third-order valence-corrected chi connectivity index (χ3v) is 3.35. The van der Waals surface area contributed by atoms with Crippen LogP contribution in [-0.4, -0.2) is 36.5 Å². The first-order valence-corrected chi connectivity index (χ1v) is 6.17. The molecule has 17 heavy (non-hydrogen) atoms. The van der Waals surface area contributed by atoms with E-state index in [0.29, 0.717) is 19.1 Å². The molecule has 2 rings (SSSR count). The van der Waals surface area contributed by atoms with E-state index in [9.17, 15) is 4.79 Å². The van der Waals surface area contributed by atoms with Crippen LogP contribution in [0.4, 0.5) is 4.79 Å². The number of hydrogen-bond acceptors (Lipinski definition) is 4. The third kappa shape index (κ3) is 2.90. The lowest BCUT2D eigenvalue weighted by Gasteiger charge is -2.30. The molecule has 1 saturated heterocycles. The molecule has 0 bridgehead atoms. The summed E-state index contributed by atoms with van der Waals surface area (Å²) < 4.78 is 10.7. The molecule has 3 N–H and O–H groups in total. The highest BCUT2D eigenvalue weighted by Crippen LogP contribution is 2.43. The molecule has 98 valence electrons. The number of amides is 1. The highest BCUT2D eigenvalue weighted by atomic mass is 16.6. The Kier molecular flexibility index (Phi) is 3.08. The molecule has 0 radical (unpaired) electrons. The van der Waals surface area contributed by atoms with Gasteiger partial charge in [0.05, 0.1) is 12.1 Å². The largest absolute Gasteiger partial charge is 0.444 e. The summed E-state index contributed by atoms with van der Waals surface area (Å²) in [5, 5.41) is 2.98. The predicted molar refractivity (Wildman–Crippen MR) is 63.6 cm³/mol. The van der Waals surface area contributed by atoms with E-state index in [4.69, 9.17) is 15.2 Å². The van der Waals surface area contributed by atoms with Gasteiger partial charge in [0.25, 0.3) is 0 Å². The van der Waals surface area contributed by atoms with Gasteiger partial charge in [-0.15, -0.1) is 0 Å². The molecule has 5 nitrogen and oxygen atoms in total. The number of ether oxygens (including phenoxy) is 2. The van der Waals surface area contributed by atoms with Gasteiger partial charge in [0, 0.05) is 18.6 Å². The number of carbonyl (C=O) groups excluding carboxylic acids is 1.